The summed E-state index contributed by atoms with van der Waals surface area (Å²) in [6.45, 7) is 5.85. The molecule has 0 spiro atoms. The Labute approximate surface area is 117 Å². The van der Waals surface area contributed by atoms with Crippen molar-refractivity contribution in [2.45, 2.75) is 6.92 Å². The van der Waals surface area contributed by atoms with Crippen LogP contribution in [0.4, 0.5) is 5.69 Å². The van der Waals surface area contributed by atoms with Gasteiger partial charge in [0.1, 0.15) is 11.6 Å². The van der Waals surface area contributed by atoms with Gasteiger partial charge in [-0.15, -0.1) is 6.58 Å². The Morgan fingerprint density at radius 3 is 2.95 bits per heavy atom. The van der Waals surface area contributed by atoms with Crippen LogP contribution in [-0.2, 0) is 4.79 Å². The summed E-state index contributed by atoms with van der Waals surface area (Å²) in [7, 11) is 0. The number of halogens is 1. The Kier molecular flexibility index (Phi) is 5.65. The minimum absolute atomic E-state index is 0.0128. The molecular formula is C14H14ClN3O. The van der Waals surface area contributed by atoms with Gasteiger partial charge in [0.05, 0.1) is 0 Å². The third-order valence-corrected chi connectivity index (χ3v) is 2.56. The van der Waals surface area contributed by atoms with Gasteiger partial charge in [0, 0.05) is 23.5 Å². The summed E-state index contributed by atoms with van der Waals surface area (Å²) in [6, 6.07) is 7.00. The lowest BCUT2D eigenvalue weighted by molar-refractivity contribution is -0.112. The maximum atomic E-state index is 11.9. The molecule has 98 valence electrons. The summed E-state index contributed by atoms with van der Waals surface area (Å²) >= 11 is 5.86. The third kappa shape index (κ3) is 4.49. The standard InChI is InChI=1S/C14H14ClN3O/c1-3-6-17-9-11(8-16)14(19)18-13-7-12(15)5-4-10(13)2/h3-5,7,9,17H,1,6H2,2H3,(H,18,19)/b11-9-. The Morgan fingerprint density at radius 2 is 2.32 bits per heavy atom. The van der Waals surface area contributed by atoms with Crippen LogP contribution in [0.3, 0.4) is 0 Å². The molecule has 2 N–H and O–H groups in total. The molecule has 0 heterocycles. The van der Waals surface area contributed by atoms with Gasteiger partial charge in [-0.05, 0) is 24.6 Å². The number of carbonyl (C=O) groups is 1. The lowest BCUT2D eigenvalue weighted by Crippen LogP contribution is -2.17. The number of amides is 1. The second-order valence-corrected chi connectivity index (χ2v) is 4.22. The van der Waals surface area contributed by atoms with Crippen LogP contribution in [0.2, 0.25) is 5.02 Å². The van der Waals surface area contributed by atoms with E-state index in [1.54, 1.807) is 24.3 Å². The molecular weight excluding hydrogens is 262 g/mol. The molecule has 1 rings (SSSR count). The Hall–Kier alpha value is -2.25. The van der Waals surface area contributed by atoms with E-state index in [0.29, 0.717) is 17.3 Å². The normalized spacial score (nSPS) is 10.5. The molecule has 1 aromatic carbocycles. The minimum Gasteiger partial charge on any atom is -0.386 e. The number of hydrogen-bond donors (Lipinski definition) is 2. The van der Waals surface area contributed by atoms with Gasteiger partial charge in [0.2, 0.25) is 0 Å². The SMILES string of the molecule is C=CCN/C=C(/C#N)C(=O)Nc1cc(Cl)ccc1C. The highest BCUT2D eigenvalue weighted by Crippen LogP contribution is 2.20. The van der Waals surface area contributed by atoms with Crippen LogP contribution in [0.25, 0.3) is 0 Å². The first-order valence-corrected chi connectivity index (χ1v) is 5.98. The summed E-state index contributed by atoms with van der Waals surface area (Å²) in [6.07, 6.45) is 2.99. The zero-order valence-corrected chi connectivity index (χ0v) is 11.3. The minimum atomic E-state index is -0.482. The van der Waals surface area contributed by atoms with Crippen molar-refractivity contribution in [1.29, 1.82) is 5.26 Å². The molecule has 0 atom stereocenters. The predicted octanol–water partition coefficient (Wildman–Crippen LogP) is 2.77. The van der Waals surface area contributed by atoms with Crippen LogP contribution in [0, 0.1) is 18.3 Å². The number of rotatable bonds is 5. The number of nitriles is 1. The molecule has 0 saturated carbocycles. The molecule has 0 aliphatic rings. The first-order chi connectivity index (χ1) is 9.08. The molecule has 0 radical (unpaired) electrons. The number of carbonyl (C=O) groups excluding carboxylic acids is 1. The van der Waals surface area contributed by atoms with Crippen molar-refractivity contribution in [2.75, 3.05) is 11.9 Å². The quantitative estimate of drug-likeness (QED) is 0.376. The molecule has 0 unspecified atom stereocenters. The number of hydrogen-bond acceptors (Lipinski definition) is 3. The highest BCUT2D eigenvalue weighted by molar-refractivity contribution is 6.31. The molecule has 0 fully saturated rings. The van der Waals surface area contributed by atoms with Crippen molar-refractivity contribution in [2.24, 2.45) is 0 Å². The average molecular weight is 276 g/mol. The smallest absolute Gasteiger partial charge is 0.267 e. The predicted molar refractivity (Wildman–Crippen MR) is 76.7 cm³/mol. The Bertz CT molecular complexity index is 558. The lowest BCUT2D eigenvalue weighted by Gasteiger charge is -2.08. The van der Waals surface area contributed by atoms with E-state index in [0.717, 1.165) is 5.56 Å². The molecule has 0 aliphatic carbocycles. The van der Waals surface area contributed by atoms with E-state index in [1.807, 2.05) is 13.0 Å². The molecule has 0 saturated heterocycles. The van der Waals surface area contributed by atoms with Crippen molar-refractivity contribution in [3.8, 4) is 6.07 Å². The van der Waals surface area contributed by atoms with Gasteiger partial charge in [0.15, 0.2) is 0 Å². The van der Waals surface area contributed by atoms with Crippen molar-refractivity contribution in [3.63, 3.8) is 0 Å². The topological polar surface area (TPSA) is 64.9 Å². The Balaban J connectivity index is 2.83. The number of aryl methyl sites for hydroxylation is 1. The number of nitrogens with one attached hydrogen (secondary N) is 2. The van der Waals surface area contributed by atoms with Gasteiger partial charge in [-0.3, -0.25) is 4.79 Å². The summed E-state index contributed by atoms with van der Waals surface area (Å²) in [5.41, 5.74) is 1.44. The van der Waals surface area contributed by atoms with E-state index in [-0.39, 0.29) is 5.57 Å². The van der Waals surface area contributed by atoms with Crippen LogP contribution >= 0.6 is 11.6 Å². The van der Waals surface area contributed by atoms with Crippen LogP contribution in [0.15, 0.2) is 42.6 Å². The summed E-state index contributed by atoms with van der Waals surface area (Å²) in [4.78, 5) is 11.9. The zero-order chi connectivity index (χ0) is 14.3. The molecule has 1 aromatic rings. The molecule has 4 nitrogen and oxygen atoms in total. The first kappa shape index (κ1) is 14.8. The van der Waals surface area contributed by atoms with E-state index in [9.17, 15) is 4.79 Å². The van der Waals surface area contributed by atoms with Gasteiger partial charge >= 0.3 is 0 Å². The van der Waals surface area contributed by atoms with E-state index in [4.69, 9.17) is 16.9 Å². The maximum Gasteiger partial charge on any atom is 0.267 e. The van der Waals surface area contributed by atoms with E-state index >= 15 is 0 Å². The van der Waals surface area contributed by atoms with Crippen molar-refractivity contribution < 1.29 is 4.79 Å². The maximum absolute atomic E-state index is 11.9. The second-order valence-electron chi connectivity index (χ2n) is 3.78. The average Bonchev–Trinajstić information content (AvgIpc) is 2.39. The summed E-state index contributed by atoms with van der Waals surface area (Å²) in [5.74, 6) is -0.482. The zero-order valence-electron chi connectivity index (χ0n) is 10.5. The fourth-order valence-electron chi connectivity index (χ4n) is 1.31. The monoisotopic (exact) mass is 275 g/mol. The van der Waals surface area contributed by atoms with Crippen molar-refractivity contribution in [3.05, 3.63) is 53.2 Å². The highest BCUT2D eigenvalue weighted by atomic mass is 35.5. The fourth-order valence-corrected chi connectivity index (χ4v) is 1.48. The molecule has 19 heavy (non-hydrogen) atoms. The van der Waals surface area contributed by atoms with Gasteiger partial charge in [0.25, 0.3) is 5.91 Å². The molecule has 0 aliphatic heterocycles. The highest BCUT2D eigenvalue weighted by Gasteiger charge is 2.10. The van der Waals surface area contributed by atoms with Crippen LogP contribution < -0.4 is 10.6 Å². The number of anilines is 1. The number of nitrogens with zero attached hydrogens (tertiary/aromatic N) is 1. The van der Waals surface area contributed by atoms with E-state index in [1.165, 1.54) is 6.20 Å². The van der Waals surface area contributed by atoms with Crippen molar-refractivity contribution >= 4 is 23.2 Å². The van der Waals surface area contributed by atoms with Gasteiger partial charge < -0.3 is 10.6 Å². The lowest BCUT2D eigenvalue weighted by atomic mass is 10.2. The van der Waals surface area contributed by atoms with E-state index < -0.39 is 5.91 Å². The summed E-state index contributed by atoms with van der Waals surface area (Å²) in [5, 5.41) is 14.9. The van der Waals surface area contributed by atoms with Crippen LogP contribution in [-0.4, -0.2) is 12.5 Å². The van der Waals surface area contributed by atoms with Gasteiger partial charge in [-0.2, -0.15) is 5.26 Å². The van der Waals surface area contributed by atoms with Crippen LogP contribution in [0.1, 0.15) is 5.56 Å². The molecule has 0 aromatic heterocycles. The Morgan fingerprint density at radius 1 is 1.58 bits per heavy atom. The molecule has 0 bridgehead atoms. The molecule has 1 amide bonds. The second kappa shape index (κ2) is 7.24. The van der Waals surface area contributed by atoms with Gasteiger partial charge in [-0.25, -0.2) is 0 Å². The third-order valence-electron chi connectivity index (χ3n) is 2.32. The largest absolute Gasteiger partial charge is 0.386 e. The molecule has 5 heteroatoms. The summed E-state index contributed by atoms with van der Waals surface area (Å²) < 4.78 is 0. The number of benzene rings is 1. The van der Waals surface area contributed by atoms with Gasteiger partial charge in [-0.1, -0.05) is 23.7 Å². The van der Waals surface area contributed by atoms with E-state index in [2.05, 4.69) is 17.2 Å². The van der Waals surface area contributed by atoms with Crippen LogP contribution in [0.5, 0.6) is 0 Å². The fraction of sp³-hybridized carbons (Fsp3) is 0.143. The van der Waals surface area contributed by atoms with Crippen molar-refractivity contribution in [1.82, 2.24) is 5.32 Å². The first-order valence-electron chi connectivity index (χ1n) is 5.60.